The van der Waals surface area contributed by atoms with Crippen molar-refractivity contribution in [1.82, 2.24) is 24.5 Å². The first-order valence-electron chi connectivity index (χ1n) is 11.1. The zero-order valence-corrected chi connectivity index (χ0v) is 19.9. The van der Waals surface area contributed by atoms with Crippen LogP contribution in [0.4, 0.5) is 5.95 Å². The van der Waals surface area contributed by atoms with Crippen molar-refractivity contribution in [2.75, 3.05) is 31.1 Å². The normalized spacial score (nSPS) is 15.0. The molecule has 1 fully saturated rings. The van der Waals surface area contributed by atoms with Gasteiger partial charge in [-0.3, -0.25) is 4.90 Å². The van der Waals surface area contributed by atoms with Gasteiger partial charge < -0.3 is 4.90 Å². The van der Waals surface area contributed by atoms with Gasteiger partial charge in [-0.2, -0.15) is 0 Å². The second-order valence-electron chi connectivity index (χ2n) is 8.41. The van der Waals surface area contributed by atoms with E-state index in [1.54, 1.807) is 0 Å². The highest BCUT2D eigenvalue weighted by Crippen LogP contribution is 2.30. The second kappa shape index (κ2) is 8.41. The number of anilines is 1. The molecule has 0 unspecified atom stereocenters. The van der Waals surface area contributed by atoms with Crippen molar-refractivity contribution in [3.05, 3.63) is 75.4 Å². The van der Waals surface area contributed by atoms with Gasteiger partial charge in [0.05, 0.1) is 5.52 Å². The average Bonchev–Trinajstić information content (AvgIpc) is 3.46. The lowest BCUT2D eigenvalue weighted by Crippen LogP contribution is -2.46. The lowest BCUT2D eigenvalue weighted by atomic mass is 10.2. The van der Waals surface area contributed by atoms with E-state index in [0.717, 1.165) is 66.6 Å². The quantitative estimate of drug-likeness (QED) is 0.354. The Bertz CT molecular complexity index is 1430. The van der Waals surface area contributed by atoms with Crippen LogP contribution in [-0.2, 0) is 6.54 Å². The minimum absolute atomic E-state index is 0.702. The lowest BCUT2D eigenvalue weighted by Gasteiger charge is -2.35. The van der Waals surface area contributed by atoms with Crippen LogP contribution in [0.2, 0.25) is 5.02 Å². The Morgan fingerprint density at radius 3 is 2.48 bits per heavy atom. The molecule has 4 heterocycles. The molecule has 8 heteroatoms. The van der Waals surface area contributed by atoms with Gasteiger partial charge in [-0.25, -0.2) is 9.38 Å². The summed E-state index contributed by atoms with van der Waals surface area (Å²) in [5.41, 5.74) is 4.12. The van der Waals surface area contributed by atoms with Crippen molar-refractivity contribution >= 4 is 45.4 Å². The number of aryl methyl sites for hydroxylation is 1. The fourth-order valence-electron chi connectivity index (χ4n) is 4.44. The maximum Gasteiger partial charge on any atom is 0.213 e. The van der Waals surface area contributed by atoms with Gasteiger partial charge in [0, 0.05) is 53.6 Å². The molecule has 5 aromatic rings. The predicted molar refractivity (Wildman–Crippen MR) is 135 cm³/mol. The number of piperazine rings is 1. The van der Waals surface area contributed by atoms with E-state index >= 15 is 0 Å². The average molecular weight is 475 g/mol. The second-order valence-corrected chi connectivity index (χ2v) is 9.85. The highest BCUT2D eigenvalue weighted by molar-refractivity contribution is 7.10. The van der Waals surface area contributed by atoms with E-state index in [4.69, 9.17) is 16.6 Å². The van der Waals surface area contributed by atoms with Gasteiger partial charge in [-0.1, -0.05) is 23.7 Å². The number of halogens is 1. The SMILES string of the molecule is Cc1ccsc1CN1CCN(c2nc3ccccc3c3nnc(-c4ccc(Cl)cc4)n23)CC1. The van der Waals surface area contributed by atoms with E-state index < -0.39 is 0 Å². The first-order valence-corrected chi connectivity index (χ1v) is 12.3. The van der Waals surface area contributed by atoms with E-state index in [-0.39, 0.29) is 0 Å². The Morgan fingerprint density at radius 1 is 0.939 bits per heavy atom. The molecule has 3 aromatic heterocycles. The van der Waals surface area contributed by atoms with E-state index in [1.165, 1.54) is 10.4 Å². The molecule has 0 bridgehead atoms. The Balaban J connectivity index is 1.39. The number of hydrogen-bond donors (Lipinski definition) is 0. The molecular weight excluding hydrogens is 452 g/mol. The van der Waals surface area contributed by atoms with Crippen molar-refractivity contribution < 1.29 is 0 Å². The molecule has 33 heavy (non-hydrogen) atoms. The van der Waals surface area contributed by atoms with Gasteiger partial charge in [0.1, 0.15) is 0 Å². The predicted octanol–water partition coefficient (Wildman–Crippen LogP) is 5.29. The van der Waals surface area contributed by atoms with E-state index in [0.29, 0.717) is 5.02 Å². The third-order valence-corrected chi connectivity index (χ3v) is 7.58. The van der Waals surface area contributed by atoms with Crippen LogP contribution in [0.25, 0.3) is 27.9 Å². The van der Waals surface area contributed by atoms with E-state index in [9.17, 15) is 0 Å². The van der Waals surface area contributed by atoms with Crippen LogP contribution in [0, 0.1) is 6.92 Å². The largest absolute Gasteiger partial charge is 0.339 e. The number of aromatic nitrogens is 4. The summed E-state index contributed by atoms with van der Waals surface area (Å²) in [6.45, 7) is 7.01. The van der Waals surface area contributed by atoms with Gasteiger partial charge >= 0.3 is 0 Å². The fourth-order valence-corrected chi connectivity index (χ4v) is 5.51. The molecule has 1 aliphatic rings. The molecule has 0 atom stereocenters. The molecule has 2 aromatic carbocycles. The maximum atomic E-state index is 6.13. The van der Waals surface area contributed by atoms with E-state index in [2.05, 4.69) is 48.8 Å². The van der Waals surface area contributed by atoms with Crippen LogP contribution in [0.1, 0.15) is 10.4 Å². The van der Waals surface area contributed by atoms with Crippen LogP contribution < -0.4 is 4.90 Å². The topological polar surface area (TPSA) is 49.6 Å². The van der Waals surface area contributed by atoms with Crippen molar-refractivity contribution in [2.45, 2.75) is 13.5 Å². The number of nitrogens with zero attached hydrogens (tertiary/aromatic N) is 6. The molecule has 6 nitrogen and oxygen atoms in total. The molecule has 1 aliphatic heterocycles. The highest BCUT2D eigenvalue weighted by atomic mass is 35.5. The zero-order chi connectivity index (χ0) is 22.4. The monoisotopic (exact) mass is 474 g/mol. The van der Waals surface area contributed by atoms with Crippen molar-refractivity contribution in [1.29, 1.82) is 0 Å². The van der Waals surface area contributed by atoms with Gasteiger partial charge in [0.15, 0.2) is 11.5 Å². The molecule has 1 saturated heterocycles. The maximum absolute atomic E-state index is 6.13. The minimum Gasteiger partial charge on any atom is -0.339 e. The molecular formula is C25H23ClN6S. The smallest absolute Gasteiger partial charge is 0.213 e. The summed E-state index contributed by atoms with van der Waals surface area (Å²) < 4.78 is 2.10. The van der Waals surface area contributed by atoms with Crippen molar-refractivity contribution in [3.8, 4) is 11.4 Å². The zero-order valence-electron chi connectivity index (χ0n) is 18.3. The van der Waals surface area contributed by atoms with Gasteiger partial charge in [0.2, 0.25) is 5.95 Å². The first kappa shape index (κ1) is 20.6. The fraction of sp³-hybridized carbons (Fsp3) is 0.240. The number of para-hydroxylation sites is 1. The number of rotatable bonds is 4. The Kier molecular flexibility index (Phi) is 5.25. The molecule has 0 N–H and O–H groups in total. The molecule has 0 amide bonds. The van der Waals surface area contributed by atoms with E-state index in [1.807, 2.05) is 53.8 Å². The summed E-state index contributed by atoms with van der Waals surface area (Å²) in [6, 6.07) is 18.1. The lowest BCUT2D eigenvalue weighted by molar-refractivity contribution is 0.250. The molecule has 6 rings (SSSR count). The molecule has 0 aliphatic carbocycles. The Morgan fingerprint density at radius 2 is 1.73 bits per heavy atom. The number of thiophene rings is 1. The summed E-state index contributed by atoms with van der Waals surface area (Å²) in [4.78, 5) is 11.4. The highest BCUT2D eigenvalue weighted by Gasteiger charge is 2.24. The van der Waals surface area contributed by atoms with Gasteiger partial charge in [0.25, 0.3) is 0 Å². The first-order chi connectivity index (χ1) is 16.2. The standard InChI is InChI=1S/C25H23ClN6S/c1-17-10-15-33-22(17)16-30-11-13-31(14-12-30)25-27-21-5-3-2-4-20(21)24-29-28-23(32(24)25)18-6-8-19(26)9-7-18/h2-10,15H,11-14,16H2,1H3. The Hall–Kier alpha value is -3.00. The molecule has 0 radical (unpaired) electrons. The molecule has 0 spiro atoms. The third kappa shape index (κ3) is 3.76. The number of benzene rings is 2. The molecule has 166 valence electrons. The number of fused-ring (bicyclic) bond motifs is 3. The van der Waals surface area contributed by atoms with Gasteiger partial charge in [-0.15, -0.1) is 21.5 Å². The van der Waals surface area contributed by atoms with Crippen LogP contribution in [0.3, 0.4) is 0 Å². The van der Waals surface area contributed by atoms with Crippen LogP contribution in [0.15, 0.2) is 60.0 Å². The summed E-state index contributed by atoms with van der Waals surface area (Å²) in [5.74, 6) is 1.68. The van der Waals surface area contributed by atoms with Crippen molar-refractivity contribution in [2.24, 2.45) is 0 Å². The molecule has 0 saturated carbocycles. The minimum atomic E-state index is 0.702. The summed E-state index contributed by atoms with van der Waals surface area (Å²) >= 11 is 7.98. The van der Waals surface area contributed by atoms with Crippen molar-refractivity contribution in [3.63, 3.8) is 0 Å². The van der Waals surface area contributed by atoms with Gasteiger partial charge in [-0.05, 0) is 60.3 Å². The van der Waals surface area contributed by atoms with Crippen LogP contribution in [-0.4, -0.2) is 50.7 Å². The summed E-state index contributed by atoms with van der Waals surface area (Å²) in [6.07, 6.45) is 0. The van der Waals surface area contributed by atoms with Crippen LogP contribution >= 0.6 is 22.9 Å². The summed E-state index contributed by atoms with van der Waals surface area (Å²) in [5, 5.41) is 13.0. The third-order valence-electron chi connectivity index (χ3n) is 6.32. The summed E-state index contributed by atoms with van der Waals surface area (Å²) in [7, 11) is 0. The Labute approximate surface area is 201 Å². The number of hydrogen-bond acceptors (Lipinski definition) is 6. The van der Waals surface area contributed by atoms with Crippen LogP contribution in [0.5, 0.6) is 0 Å².